The molecule has 1 fully saturated rings. The Morgan fingerprint density at radius 1 is 1.24 bits per heavy atom. The minimum absolute atomic E-state index is 0.0350. The fourth-order valence-corrected chi connectivity index (χ4v) is 4.30. The molecule has 4 heterocycles. The molecule has 0 bridgehead atoms. The molecule has 0 aliphatic carbocycles. The normalized spacial score (nSPS) is 13.7. The van der Waals surface area contributed by atoms with Gasteiger partial charge in [0.05, 0.1) is 30.2 Å². The lowest BCUT2D eigenvalue weighted by Crippen LogP contribution is -2.54. The summed E-state index contributed by atoms with van der Waals surface area (Å²) in [5.41, 5.74) is 0.198. The molecule has 4 rings (SSSR count). The highest BCUT2D eigenvalue weighted by Crippen LogP contribution is 2.26. The van der Waals surface area contributed by atoms with Gasteiger partial charge in [0.15, 0.2) is 10.8 Å². The van der Waals surface area contributed by atoms with Crippen LogP contribution in [0, 0.1) is 12.8 Å². The maximum absolute atomic E-state index is 13.2. The van der Waals surface area contributed by atoms with E-state index in [9.17, 15) is 14.4 Å². The molecule has 1 N–H and O–H groups in total. The topological polar surface area (TPSA) is 129 Å². The van der Waals surface area contributed by atoms with Crippen LogP contribution in [-0.4, -0.2) is 70.9 Å². The molecule has 11 nitrogen and oxygen atoms in total. The van der Waals surface area contributed by atoms with Crippen molar-refractivity contribution in [2.24, 2.45) is 5.92 Å². The third kappa shape index (κ3) is 4.64. The van der Waals surface area contributed by atoms with E-state index < -0.39 is 11.4 Å². The standard InChI is InChI=1S/C22H26N6O5S/c1-4-32-8-6-23-19(30)14-10-27(11-14)21-25-13(3)16-17(29)15(20(31)33-5-2)12-28(18(16)26-21)22-24-7-9-34-22/h7,9,12,14H,4-6,8,10-11H2,1-3H3,(H,23,30). The summed E-state index contributed by atoms with van der Waals surface area (Å²) in [7, 11) is 0. The highest BCUT2D eigenvalue weighted by Gasteiger charge is 2.35. The summed E-state index contributed by atoms with van der Waals surface area (Å²) in [5, 5.41) is 5.44. The summed E-state index contributed by atoms with van der Waals surface area (Å²) in [4.78, 5) is 53.3. The van der Waals surface area contributed by atoms with Crippen LogP contribution in [0.15, 0.2) is 22.6 Å². The van der Waals surface area contributed by atoms with Crippen LogP contribution in [-0.2, 0) is 14.3 Å². The van der Waals surface area contributed by atoms with E-state index in [0.717, 1.165) is 0 Å². The highest BCUT2D eigenvalue weighted by molar-refractivity contribution is 7.12. The number of hydrogen-bond acceptors (Lipinski definition) is 10. The number of fused-ring (bicyclic) bond motifs is 1. The number of pyridine rings is 1. The van der Waals surface area contributed by atoms with E-state index in [1.165, 1.54) is 17.5 Å². The lowest BCUT2D eigenvalue weighted by atomic mass is 10.00. The molecule has 3 aromatic heterocycles. The largest absolute Gasteiger partial charge is 0.462 e. The van der Waals surface area contributed by atoms with Gasteiger partial charge in [-0.2, -0.15) is 4.98 Å². The zero-order valence-electron chi connectivity index (χ0n) is 19.2. The van der Waals surface area contributed by atoms with Crippen molar-refractivity contribution in [3.8, 4) is 5.13 Å². The molecule has 1 saturated heterocycles. The summed E-state index contributed by atoms with van der Waals surface area (Å²) in [6.45, 7) is 7.93. The van der Waals surface area contributed by atoms with E-state index in [-0.39, 0.29) is 29.4 Å². The zero-order valence-corrected chi connectivity index (χ0v) is 20.1. The fourth-order valence-electron chi connectivity index (χ4n) is 3.69. The van der Waals surface area contributed by atoms with E-state index in [1.54, 1.807) is 30.0 Å². The van der Waals surface area contributed by atoms with Crippen molar-refractivity contribution in [3.63, 3.8) is 0 Å². The number of anilines is 1. The van der Waals surface area contributed by atoms with Crippen LogP contribution in [0.2, 0.25) is 0 Å². The van der Waals surface area contributed by atoms with Crippen molar-refractivity contribution in [2.75, 3.05) is 44.4 Å². The monoisotopic (exact) mass is 486 g/mol. The third-order valence-corrected chi connectivity index (χ3v) is 6.19. The number of rotatable bonds is 9. The van der Waals surface area contributed by atoms with Gasteiger partial charge in [0, 0.05) is 44.0 Å². The Morgan fingerprint density at radius 3 is 2.71 bits per heavy atom. The summed E-state index contributed by atoms with van der Waals surface area (Å²) in [5.74, 6) is -0.498. The molecule has 0 radical (unpaired) electrons. The number of carbonyl (C=O) groups is 2. The molecule has 1 aliphatic heterocycles. The molecule has 0 atom stereocenters. The van der Waals surface area contributed by atoms with E-state index in [2.05, 4.69) is 20.3 Å². The van der Waals surface area contributed by atoms with Gasteiger partial charge in [-0.3, -0.25) is 14.2 Å². The maximum atomic E-state index is 13.2. The van der Waals surface area contributed by atoms with Crippen LogP contribution in [0.1, 0.15) is 29.9 Å². The minimum atomic E-state index is -0.705. The Morgan fingerprint density at radius 2 is 2.03 bits per heavy atom. The molecule has 1 amide bonds. The number of hydrogen-bond donors (Lipinski definition) is 1. The first-order valence-electron chi connectivity index (χ1n) is 11.1. The van der Waals surface area contributed by atoms with Crippen molar-refractivity contribution in [2.45, 2.75) is 20.8 Å². The predicted molar refractivity (Wildman–Crippen MR) is 127 cm³/mol. The van der Waals surface area contributed by atoms with Gasteiger partial charge >= 0.3 is 5.97 Å². The molecule has 0 unspecified atom stereocenters. The van der Waals surface area contributed by atoms with E-state index in [0.29, 0.717) is 55.3 Å². The van der Waals surface area contributed by atoms with Crippen molar-refractivity contribution in [1.29, 1.82) is 0 Å². The van der Waals surface area contributed by atoms with Gasteiger partial charge in [0.2, 0.25) is 17.3 Å². The number of amides is 1. The Labute approximate surface area is 199 Å². The number of aryl methyl sites for hydroxylation is 1. The Hall–Kier alpha value is -3.38. The second-order valence-electron chi connectivity index (χ2n) is 7.67. The van der Waals surface area contributed by atoms with Crippen LogP contribution in [0.25, 0.3) is 16.2 Å². The summed E-state index contributed by atoms with van der Waals surface area (Å²) >= 11 is 1.35. The Bertz CT molecular complexity index is 1250. The van der Waals surface area contributed by atoms with Crippen LogP contribution in [0.5, 0.6) is 0 Å². The van der Waals surface area contributed by atoms with Crippen molar-refractivity contribution >= 4 is 40.2 Å². The third-order valence-electron chi connectivity index (χ3n) is 5.42. The van der Waals surface area contributed by atoms with Crippen molar-refractivity contribution in [3.05, 3.63) is 39.3 Å². The molecular weight excluding hydrogens is 460 g/mol. The summed E-state index contributed by atoms with van der Waals surface area (Å²) in [6.07, 6.45) is 3.05. The number of carbonyl (C=O) groups excluding carboxylic acids is 2. The van der Waals surface area contributed by atoms with Crippen LogP contribution < -0.4 is 15.6 Å². The Kier molecular flexibility index (Phi) is 7.17. The first-order chi connectivity index (χ1) is 16.4. The van der Waals surface area contributed by atoms with Crippen LogP contribution >= 0.6 is 11.3 Å². The summed E-state index contributed by atoms with van der Waals surface area (Å²) in [6, 6.07) is 0. The van der Waals surface area contributed by atoms with E-state index in [1.807, 2.05) is 11.8 Å². The zero-order chi connectivity index (χ0) is 24.2. The van der Waals surface area contributed by atoms with Gasteiger partial charge < -0.3 is 19.7 Å². The second kappa shape index (κ2) is 10.3. The number of esters is 1. The molecular formula is C22H26N6O5S. The number of nitrogens with one attached hydrogen (secondary N) is 1. The van der Waals surface area contributed by atoms with Gasteiger partial charge in [-0.05, 0) is 20.8 Å². The van der Waals surface area contributed by atoms with Gasteiger partial charge in [-0.25, -0.2) is 14.8 Å². The molecule has 0 aromatic carbocycles. The molecule has 12 heteroatoms. The second-order valence-corrected chi connectivity index (χ2v) is 8.55. The smallest absolute Gasteiger partial charge is 0.343 e. The van der Waals surface area contributed by atoms with Crippen LogP contribution in [0.4, 0.5) is 5.95 Å². The molecule has 0 spiro atoms. The summed E-state index contributed by atoms with van der Waals surface area (Å²) < 4.78 is 11.9. The number of thiazole rings is 1. The average Bonchev–Trinajstić information content (AvgIpc) is 3.30. The fraction of sp³-hybridized carbons (Fsp3) is 0.455. The van der Waals surface area contributed by atoms with Gasteiger partial charge in [0.1, 0.15) is 5.56 Å². The minimum Gasteiger partial charge on any atom is -0.462 e. The van der Waals surface area contributed by atoms with E-state index >= 15 is 0 Å². The first kappa shape index (κ1) is 23.8. The lowest BCUT2D eigenvalue weighted by molar-refractivity contribution is -0.125. The predicted octanol–water partition coefficient (Wildman–Crippen LogP) is 1.31. The van der Waals surface area contributed by atoms with E-state index in [4.69, 9.17) is 9.47 Å². The SMILES string of the molecule is CCOCCNC(=O)C1CN(c2nc(C)c3c(=O)c(C(=O)OCC)cn(-c4nccs4)c3n2)C1. The molecule has 3 aromatic rings. The first-order valence-corrected chi connectivity index (χ1v) is 11.9. The van der Waals surface area contributed by atoms with Crippen molar-refractivity contribution in [1.82, 2.24) is 24.8 Å². The molecule has 0 saturated carbocycles. The number of ether oxygens (including phenoxy) is 2. The van der Waals surface area contributed by atoms with Crippen LogP contribution in [0.3, 0.4) is 0 Å². The molecule has 1 aliphatic rings. The van der Waals surface area contributed by atoms with Gasteiger partial charge in [0.25, 0.3) is 0 Å². The van der Waals surface area contributed by atoms with Crippen molar-refractivity contribution < 1.29 is 19.1 Å². The molecule has 34 heavy (non-hydrogen) atoms. The highest BCUT2D eigenvalue weighted by atomic mass is 32.1. The van der Waals surface area contributed by atoms with Gasteiger partial charge in [-0.15, -0.1) is 11.3 Å². The average molecular weight is 487 g/mol. The maximum Gasteiger partial charge on any atom is 0.343 e. The number of nitrogens with zero attached hydrogens (tertiary/aromatic N) is 5. The lowest BCUT2D eigenvalue weighted by Gasteiger charge is -2.38. The molecule has 180 valence electrons. The Balaban J connectivity index is 1.65. The quantitative estimate of drug-likeness (QED) is 0.352. The van der Waals surface area contributed by atoms with Gasteiger partial charge in [-0.1, -0.05) is 0 Å². The number of aromatic nitrogens is 4.